The Kier molecular flexibility index (Phi) is 5.02. The summed E-state index contributed by atoms with van der Waals surface area (Å²) < 4.78 is 12.3. The van der Waals surface area contributed by atoms with E-state index in [0.717, 1.165) is 11.1 Å². The standard InChI is InChI=1S/C17H24N4O3/c1-17(2,3)14(24-16(19)22)10-21-9-11(8-20-21)12-6-5-7-13(18)15(12)23-4/h5-9,14H,10,18H2,1-4H3,(H2,19,22). The summed E-state index contributed by atoms with van der Waals surface area (Å²) in [4.78, 5) is 11.1. The van der Waals surface area contributed by atoms with Gasteiger partial charge in [0, 0.05) is 22.7 Å². The van der Waals surface area contributed by atoms with Crippen molar-refractivity contribution in [3.8, 4) is 16.9 Å². The lowest BCUT2D eigenvalue weighted by Gasteiger charge is -2.29. The molecule has 2 aromatic rings. The highest BCUT2D eigenvalue weighted by Crippen LogP contribution is 2.34. The second-order valence-corrected chi connectivity index (χ2v) is 6.67. The summed E-state index contributed by atoms with van der Waals surface area (Å²) in [7, 11) is 1.58. The van der Waals surface area contributed by atoms with Crippen LogP contribution in [0.5, 0.6) is 5.75 Å². The molecule has 0 radical (unpaired) electrons. The number of amides is 1. The molecule has 0 bridgehead atoms. The van der Waals surface area contributed by atoms with Crippen molar-refractivity contribution >= 4 is 11.8 Å². The highest BCUT2D eigenvalue weighted by molar-refractivity contribution is 5.76. The number of benzene rings is 1. The number of hydrogen-bond donors (Lipinski definition) is 2. The van der Waals surface area contributed by atoms with Gasteiger partial charge >= 0.3 is 6.09 Å². The maximum Gasteiger partial charge on any atom is 0.404 e. The molecule has 1 aromatic heterocycles. The molecule has 0 aliphatic heterocycles. The van der Waals surface area contributed by atoms with Gasteiger partial charge in [-0.05, 0) is 6.07 Å². The summed E-state index contributed by atoms with van der Waals surface area (Å²) >= 11 is 0. The van der Waals surface area contributed by atoms with Gasteiger partial charge in [-0.1, -0.05) is 32.9 Å². The zero-order valence-electron chi connectivity index (χ0n) is 14.4. The van der Waals surface area contributed by atoms with Crippen LogP contribution in [-0.2, 0) is 11.3 Å². The van der Waals surface area contributed by atoms with Crippen LogP contribution >= 0.6 is 0 Å². The minimum atomic E-state index is -0.792. The number of carbonyl (C=O) groups excluding carboxylic acids is 1. The fraction of sp³-hybridized carbons (Fsp3) is 0.412. The molecular formula is C17H24N4O3. The molecule has 0 fully saturated rings. The van der Waals surface area contributed by atoms with Crippen molar-refractivity contribution in [3.63, 3.8) is 0 Å². The molecule has 0 saturated heterocycles. The van der Waals surface area contributed by atoms with Gasteiger partial charge in [-0.3, -0.25) is 4.68 Å². The zero-order chi connectivity index (χ0) is 17.9. The van der Waals surface area contributed by atoms with E-state index in [9.17, 15) is 4.79 Å². The molecule has 7 heteroatoms. The summed E-state index contributed by atoms with van der Waals surface area (Å²) in [5.41, 5.74) is 13.1. The number of primary amides is 1. The van der Waals surface area contributed by atoms with Crippen LogP contribution in [0.2, 0.25) is 0 Å². The number of carbonyl (C=O) groups is 1. The van der Waals surface area contributed by atoms with E-state index in [1.165, 1.54) is 0 Å². The summed E-state index contributed by atoms with van der Waals surface area (Å²) in [5, 5.41) is 4.35. The molecular weight excluding hydrogens is 308 g/mol. The number of hydrogen-bond acceptors (Lipinski definition) is 5. The quantitative estimate of drug-likeness (QED) is 0.819. The number of para-hydroxylation sites is 1. The number of methoxy groups -OCH3 is 1. The lowest BCUT2D eigenvalue weighted by molar-refractivity contribution is 0.0234. The molecule has 1 heterocycles. The largest absolute Gasteiger partial charge is 0.494 e. The molecule has 1 atom stereocenters. The number of nitrogens with zero attached hydrogens (tertiary/aromatic N) is 2. The average Bonchev–Trinajstić information content (AvgIpc) is 2.93. The van der Waals surface area contributed by atoms with Gasteiger partial charge in [-0.25, -0.2) is 4.79 Å². The third-order valence-corrected chi connectivity index (χ3v) is 3.77. The Bertz CT molecular complexity index is 719. The molecule has 0 saturated carbocycles. The van der Waals surface area contributed by atoms with Crippen molar-refractivity contribution in [2.24, 2.45) is 11.1 Å². The zero-order valence-corrected chi connectivity index (χ0v) is 14.4. The highest BCUT2D eigenvalue weighted by Gasteiger charge is 2.28. The summed E-state index contributed by atoms with van der Waals surface area (Å²) in [5.74, 6) is 0.609. The van der Waals surface area contributed by atoms with Gasteiger partial charge in [0.1, 0.15) is 11.9 Å². The summed E-state index contributed by atoms with van der Waals surface area (Å²) in [6.45, 7) is 6.33. The van der Waals surface area contributed by atoms with Gasteiger partial charge in [0.05, 0.1) is 25.5 Å². The van der Waals surface area contributed by atoms with E-state index in [2.05, 4.69) is 5.10 Å². The number of nitrogens with two attached hydrogens (primary N) is 2. The van der Waals surface area contributed by atoms with Crippen LogP contribution in [0.15, 0.2) is 30.6 Å². The Labute approximate surface area is 141 Å². The SMILES string of the molecule is COc1c(N)cccc1-c1cnn(CC(OC(N)=O)C(C)(C)C)c1. The van der Waals surface area contributed by atoms with E-state index in [-0.39, 0.29) is 5.41 Å². The maximum absolute atomic E-state index is 11.1. The Morgan fingerprint density at radius 2 is 2.08 bits per heavy atom. The Balaban J connectivity index is 2.27. The fourth-order valence-electron chi connectivity index (χ4n) is 2.41. The molecule has 24 heavy (non-hydrogen) atoms. The predicted molar refractivity (Wildman–Crippen MR) is 92.5 cm³/mol. The maximum atomic E-state index is 11.1. The molecule has 2 rings (SSSR count). The lowest BCUT2D eigenvalue weighted by Crippen LogP contribution is -2.37. The van der Waals surface area contributed by atoms with E-state index in [4.69, 9.17) is 20.9 Å². The molecule has 1 unspecified atom stereocenters. The Morgan fingerprint density at radius 1 is 1.38 bits per heavy atom. The highest BCUT2D eigenvalue weighted by atomic mass is 16.6. The van der Waals surface area contributed by atoms with Crippen LogP contribution in [0.4, 0.5) is 10.5 Å². The van der Waals surface area contributed by atoms with Gasteiger partial charge < -0.3 is 20.9 Å². The first-order chi connectivity index (χ1) is 11.2. The van der Waals surface area contributed by atoms with Crippen molar-refractivity contribution in [2.45, 2.75) is 33.4 Å². The minimum absolute atomic E-state index is 0.268. The second-order valence-electron chi connectivity index (χ2n) is 6.67. The van der Waals surface area contributed by atoms with Gasteiger partial charge in [0.25, 0.3) is 0 Å². The topological polar surface area (TPSA) is 105 Å². The smallest absolute Gasteiger partial charge is 0.404 e. The van der Waals surface area contributed by atoms with Crippen LogP contribution in [0, 0.1) is 5.41 Å². The lowest BCUT2D eigenvalue weighted by atomic mass is 9.89. The third-order valence-electron chi connectivity index (χ3n) is 3.77. The van der Waals surface area contributed by atoms with Crippen LogP contribution < -0.4 is 16.2 Å². The number of rotatable bonds is 5. The van der Waals surface area contributed by atoms with Crippen molar-refractivity contribution in [1.82, 2.24) is 9.78 Å². The Hall–Kier alpha value is -2.70. The van der Waals surface area contributed by atoms with E-state index in [0.29, 0.717) is 18.0 Å². The molecule has 0 aliphatic carbocycles. The van der Waals surface area contributed by atoms with Crippen LogP contribution in [0.25, 0.3) is 11.1 Å². The fourth-order valence-corrected chi connectivity index (χ4v) is 2.41. The molecule has 0 aliphatic rings. The second kappa shape index (κ2) is 6.82. The number of nitrogen functional groups attached to an aromatic ring is 1. The van der Waals surface area contributed by atoms with Crippen molar-refractivity contribution in [2.75, 3.05) is 12.8 Å². The molecule has 130 valence electrons. The number of aromatic nitrogens is 2. The first-order valence-electron chi connectivity index (χ1n) is 7.63. The third kappa shape index (κ3) is 3.98. The first kappa shape index (κ1) is 17.7. The first-order valence-corrected chi connectivity index (χ1v) is 7.63. The van der Waals surface area contributed by atoms with Crippen LogP contribution in [-0.4, -0.2) is 29.1 Å². The number of anilines is 1. The monoisotopic (exact) mass is 332 g/mol. The van der Waals surface area contributed by atoms with Crippen LogP contribution in [0.3, 0.4) is 0 Å². The van der Waals surface area contributed by atoms with Crippen LogP contribution in [0.1, 0.15) is 20.8 Å². The van der Waals surface area contributed by atoms with Gasteiger partial charge in [-0.15, -0.1) is 0 Å². The van der Waals surface area contributed by atoms with Gasteiger partial charge in [-0.2, -0.15) is 5.10 Å². The number of ether oxygens (including phenoxy) is 2. The molecule has 0 spiro atoms. The van der Waals surface area contributed by atoms with E-state index in [1.54, 1.807) is 24.1 Å². The normalized spacial score (nSPS) is 12.7. The van der Waals surface area contributed by atoms with E-state index < -0.39 is 12.2 Å². The average molecular weight is 332 g/mol. The van der Waals surface area contributed by atoms with Gasteiger partial charge in [0.2, 0.25) is 0 Å². The van der Waals surface area contributed by atoms with E-state index >= 15 is 0 Å². The van der Waals surface area contributed by atoms with Gasteiger partial charge in [0.15, 0.2) is 0 Å². The van der Waals surface area contributed by atoms with Crippen molar-refractivity contribution < 1.29 is 14.3 Å². The minimum Gasteiger partial charge on any atom is -0.494 e. The molecule has 7 nitrogen and oxygen atoms in total. The Morgan fingerprint density at radius 3 is 2.67 bits per heavy atom. The summed E-state index contributed by atoms with van der Waals surface area (Å²) in [6.07, 6.45) is 2.40. The molecule has 1 aromatic carbocycles. The predicted octanol–water partition coefficient (Wildman–Crippen LogP) is 2.65. The molecule has 1 amide bonds. The summed E-state index contributed by atoms with van der Waals surface area (Å²) in [6, 6.07) is 5.56. The van der Waals surface area contributed by atoms with E-state index in [1.807, 2.05) is 39.1 Å². The van der Waals surface area contributed by atoms with Crippen molar-refractivity contribution in [1.29, 1.82) is 0 Å². The van der Waals surface area contributed by atoms with Crippen molar-refractivity contribution in [3.05, 3.63) is 30.6 Å². The molecule has 4 N–H and O–H groups in total.